The summed E-state index contributed by atoms with van der Waals surface area (Å²) < 4.78 is 5.81. The van der Waals surface area contributed by atoms with Gasteiger partial charge in [-0.2, -0.15) is 0 Å². The molecule has 0 spiro atoms. The van der Waals surface area contributed by atoms with Crippen molar-refractivity contribution in [2.75, 3.05) is 13.1 Å². The number of para-hydroxylation sites is 1. The van der Waals surface area contributed by atoms with Crippen molar-refractivity contribution in [2.45, 2.75) is 18.9 Å². The zero-order valence-electron chi connectivity index (χ0n) is 8.38. The Morgan fingerprint density at radius 2 is 1.87 bits per heavy atom. The third-order valence-electron chi connectivity index (χ3n) is 2.42. The molecule has 1 aromatic carbocycles. The lowest BCUT2D eigenvalue weighted by atomic mass is 10.1. The van der Waals surface area contributed by atoms with Crippen LogP contribution in [0.5, 0.6) is 5.75 Å². The SMILES string of the molecule is Clc1ccccc1OC1CCNCC1.[Cl-]. The Morgan fingerprint density at radius 1 is 1.20 bits per heavy atom. The van der Waals surface area contributed by atoms with Crippen molar-refractivity contribution >= 4 is 11.6 Å². The van der Waals surface area contributed by atoms with Crippen molar-refractivity contribution in [3.8, 4) is 5.75 Å². The van der Waals surface area contributed by atoms with Crippen LogP contribution in [0.1, 0.15) is 12.8 Å². The predicted octanol–water partition coefficient (Wildman–Crippen LogP) is -0.525. The lowest BCUT2D eigenvalue weighted by Gasteiger charge is -2.24. The van der Waals surface area contributed by atoms with Crippen LogP contribution in [0.4, 0.5) is 0 Å². The molecule has 84 valence electrons. The number of halogens is 2. The highest BCUT2D eigenvalue weighted by Gasteiger charge is 2.15. The Hall–Kier alpha value is -0.440. The zero-order chi connectivity index (χ0) is 9.80. The molecule has 15 heavy (non-hydrogen) atoms. The first-order valence-corrected chi connectivity index (χ1v) is 5.36. The molecular weight excluding hydrogens is 233 g/mol. The number of nitrogens with one attached hydrogen (secondary N) is 1. The van der Waals surface area contributed by atoms with Crippen LogP contribution in [-0.2, 0) is 0 Å². The molecule has 1 heterocycles. The normalized spacial score (nSPS) is 16.9. The van der Waals surface area contributed by atoms with E-state index in [-0.39, 0.29) is 12.4 Å². The maximum absolute atomic E-state index is 6.00. The highest BCUT2D eigenvalue weighted by molar-refractivity contribution is 6.32. The van der Waals surface area contributed by atoms with Gasteiger partial charge in [0.15, 0.2) is 0 Å². The monoisotopic (exact) mass is 246 g/mol. The summed E-state index contributed by atoms with van der Waals surface area (Å²) in [6.07, 6.45) is 2.44. The van der Waals surface area contributed by atoms with Crippen LogP contribution in [0.25, 0.3) is 0 Å². The molecule has 0 atom stereocenters. The molecule has 0 unspecified atom stereocenters. The summed E-state index contributed by atoms with van der Waals surface area (Å²) >= 11 is 6.00. The second-order valence-electron chi connectivity index (χ2n) is 3.50. The minimum Gasteiger partial charge on any atom is -1.00 e. The average Bonchev–Trinajstić information content (AvgIpc) is 2.23. The highest BCUT2D eigenvalue weighted by Crippen LogP contribution is 2.25. The van der Waals surface area contributed by atoms with E-state index >= 15 is 0 Å². The van der Waals surface area contributed by atoms with Crippen molar-refractivity contribution in [2.24, 2.45) is 0 Å². The van der Waals surface area contributed by atoms with Crippen LogP contribution in [0.15, 0.2) is 24.3 Å². The molecule has 1 fully saturated rings. The van der Waals surface area contributed by atoms with Gasteiger partial charge in [0.25, 0.3) is 0 Å². The van der Waals surface area contributed by atoms with Gasteiger partial charge in [0.1, 0.15) is 11.9 Å². The van der Waals surface area contributed by atoms with E-state index in [2.05, 4.69) is 5.32 Å². The fourth-order valence-corrected chi connectivity index (χ4v) is 1.81. The van der Waals surface area contributed by atoms with E-state index in [1.54, 1.807) is 0 Å². The van der Waals surface area contributed by atoms with Crippen molar-refractivity contribution in [1.82, 2.24) is 5.32 Å². The Morgan fingerprint density at radius 3 is 2.53 bits per heavy atom. The summed E-state index contributed by atoms with van der Waals surface area (Å²) in [7, 11) is 0. The summed E-state index contributed by atoms with van der Waals surface area (Å²) in [5, 5.41) is 4.00. The van der Waals surface area contributed by atoms with Crippen LogP contribution in [0.3, 0.4) is 0 Å². The number of benzene rings is 1. The van der Waals surface area contributed by atoms with E-state index in [4.69, 9.17) is 16.3 Å². The molecule has 2 nitrogen and oxygen atoms in total. The molecule has 0 radical (unpaired) electrons. The van der Waals surface area contributed by atoms with Gasteiger partial charge >= 0.3 is 0 Å². The summed E-state index contributed by atoms with van der Waals surface area (Å²) in [4.78, 5) is 0. The number of hydrogen-bond acceptors (Lipinski definition) is 2. The van der Waals surface area contributed by atoms with Gasteiger partial charge in [0.05, 0.1) is 5.02 Å². The molecule has 1 saturated heterocycles. The second kappa shape index (κ2) is 6.21. The first-order valence-electron chi connectivity index (χ1n) is 4.98. The lowest BCUT2D eigenvalue weighted by Crippen LogP contribution is -3.00. The Balaban J connectivity index is 0.00000112. The number of hydrogen-bond donors (Lipinski definition) is 1. The van der Waals surface area contributed by atoms with E-state index < -0.39 is 0 Å². The summed E-state index contributed by atoms with van der Waals surface area (Å²) in [5.41, 5.74) is 0. The molecule has 4 heteroatoms. The maximum atomic E-state index is 6.00. The van der Waals surface area contributed by atoms with Gasteiger partial charge in [0.2, 0.25) is 0 Å². The second-order valence-corrected chi connectivity index (χ2v) is 3.90. The van der Waals surface area contributed by atoms with Gasteiger partial charge in [0, 0.05) is 0 Å². The van der Waals surface area contributed by atoms with Crippen molar-refractivity contribution in [1.29, 1.82) is 0 Å². The van der Waals surface area contributed by atoms with E-state index in [1.807, 2.05) is 24.3 Å². The topological polar surface area (TPSA) is 21.3 Å². The smallest absolute Gasteiger partial charge is 0.138 e. The van der Waals surface area contributed by atoms with E-state index in [9.17, 15) is 0 Å². The molecule has 0 bridgehead atoms. The first-order chi connectivity index (χ1) is 6.86. The maximum Gasteiger partial charge on any atom is 0.138 e. The quantitative estimate of drug-likeness (QED) is 0.759. The third kappa shape index (κ3) is 3.56. The molecule has 0 saturated carbocycles. The van der Waals surface area contributed by atoms with E-state index in [0.717, 1.165) is 31.7 Å². The molecule has 1 aromatic rings. The molecule has 1 N–H and O–H groups in total. The minimum absolute atomic E-state index is 0. The van der Waals surface area contributed by atoms with Crippen LogP contribution < -0.4 is 22.5 Å². The fourth-order valence-electron chi connectivity index (χ4n) is 1.63. The summed E-state index contributed by atoms with van der Waals surface area (Å²) in [6, 6.07) is 7.64. The molecule has 0 aliphatic carbocycles. The van der Waals surface area contributed by atoms with Gasteiger partial charge in [-0.3, -0.25) is 0 Å². The van der Waals surface area contributed by atoms with Crippen LogP contribution in [-0.4, -0.2) is 19.2 Å². The molecule has 0 aromatic heterocycles. The molecule has 1 aliphatic heterocycles. The fraction of sp³-hybridized carbons (Fsp3) is 0.455. The first kappa shape index (κ1) is 12.6. The number of ether oxygens (including phenoxy) is 1. The largest absolute Gasteiger partial charge is 1.00 e. The summed E-state index contributed by atoms with van der Waals surface area (Å²) in [5.74, 6) is 0.807. The predicted molar refractivity (Wildman–Crippen MR) is 58.0 cm³/mol. The number of rotatable bonds is 2. The molecule has 2 rings (SSSR count). The van der Waals surface area contributed by atoms with Crippen LogP contribution in [0, 0.1) is 0 Å². The van der Waals surface area contributed by atoms with Gasteiger partial charge in [-0.1, -0.05) is 23.7 Å². The standard InChI is InChI=1S/C11H14ClNO.ClH/c12-10-3-1-2-4-11(10)14-9-5-7-13-8-6-9;/h1-4,9,13H,5-8H2;1H/p-1. The Bertz CT molecular complexity index is 300. The zero-order valence-corrected chi connectivity index (χ0v) is 9.89. The lowest BCUT2D eigenvalue weighted by molar-refractivity contribution is -0.00000400. The van der Waals surface area contributed by atoms with Crippen molar-refractivity contribution in [3.05, 3.63) is 29.3 Å². The Kier molecular flexibility index (Phi) is 5.23. The van der Waals surface area contributed by atoms with E-state index in [0.29, 0.717) is 11.1 Å². The van der Waals surface area contributed by atoms with Crippen molar-refractivity contribution < 1.29 is 17.1 Å². The van der Waals surface area contributed by atoms with Gasteiger partial charge in [-0.25, -0.2) is 0 Å². The summed E-state index contributed by atoms with van der Waals surface area (Å²) in [6.45, 7) is 2.07. The van der Waals surface area contributed by atoms with Crippen LogP contribution in [0.2, 0.25) is 5.02 Å². The van der Waals surface area contributed by atoms with Crippen molar-refractivity contribution in [3.63, 3.8) is 0 Å². The van der Waals surface area contributed by atoms with Gasteiger partial charge in [-0.05, 0) is 38.1 Å². The van der Waals surface area contributed by atoms with Crippen LogP contribution >= 0.6 is 11.6 Å². The highest BCUT2D eigenvalue weighted by atomic mass is 35.5. The van der Waals surface area contributed by atoms with Gasteiger partial charge < -0.3 is 22.5 Å². The van der Waals surface area contributed by atoms with Gasteiger partial charge in [-0.15, -0.1) is 0 Å². The molecule has 1 aliphatic rings. The average molecular weight is 247 g/mol. The molecule has 0 amide bonds. The van der Waals surface area contributed by atoms with E-state index in [1.165, 1.54) is 0 Å². The molecular formula is C11H14Cl2NO-. The third-order valence-corrected chi connectivity index (χ3v) is 2.73. The Labute approximate surface area is 101 Å². The minimum atomic E-state index is 0. The number of piperidine rings is 1.